The fourth-order valence-electron chi connectivity index (χ4n) is 2.07. The molecule has 0 fully saturated rings. The maximum absolute atomic E-state index is 10.8. The Labute approximate surface area is 110 Å². The van der Waals surface area contributed by atoms with Gasteiger partial charge in [0.05, 0.1) is 0 Å². The van der Waals surface area contributed by atoms with E-state index in [-0.39, 0.29) is 0 Å². The topological polar surface area (TPSA) is 79.1 Å². The predicted molar refractivity (Wildman–Crippen MR) is 74.1 cm³/mol. The molecule has 18 heavy (non-hydrogen) atoms. The lowest BCUT2D eigenvalue weighted by Crippen LogP contribution is -2.32. The maximum atomic E-state index is 10.8. The Hall–Kier alpha value is -1.46. The summed E-state index contributed by atoms with van der Waals surface area (Å²) < 4.78 is 0. The number of rotatable bonds is 4. The molecule has 0 aliphatic heterocycles. The van der Waals surface area contributed by atoms with E-state index in [1.165, 1.54) is 4.90 Å². The van der Waals surface area contributed by atoms with Gasteiger partial charge in [-0.15, -0.1) is 11.8 Å². The van der Waals surface area contributed by atoms with Gasteiger partial charge in [-0.25, -0.2) is 0 Å². The van der Waals surface area contributed by atoms with E-state index in [4.69, 9.17) is 10.8 Å². The lowest BCUT2D eigenvalue weighted by Gasteiger charge is -2.06. The third-order valence-corrected chi connectivity index (χ3v) is 3.79. The van der Waals surface area contributed by atoms with Crippen LogP contribution in [0.4, 0.5) is 0 Å². The van der Waals surface area contributed by atoms with Crippen LogP contribution in [-0.4, -0.2) is 28.4 Å². The highest BCUT2D eigenvalue weighted by Gasteiger charge is 2.17. The molecule has 0 radical (unpaired) electrons. The van der Waals surface area contributed by atoms with Crippen LogP contribution in [0, 0.1) is 6.92 Å². The molecule has 1 heterocycles. The van der Waals surface area contributed by atoms with Crippen LogP contribution in [0.2, 0.25) is 0 Å². The summed E-state index contributed by atoms with van der Waals surface area (Å²) >= 11 is 1.68. The highest BCUT2D eigenvalue weighted by Crippen LogP contribution is 2.27. The molecule has 0 spiro atoms. The van der Waals surface area contributed by atoms with Gasteiger partial charge >= 0.3 is 5.97 Å². The number of hydrogen-bond donors (Lipinski definition) is 3. The number of nitrogens with one attached hydrogen (secondary N) is 1. The summed E-state index contributed by atoms with van der Waals surface area (Å²) in [6.45, 7) is 1.95. The smallest absolute Gasteiger partial charge is 0.320 e. The van der Waals surface area contributed by atoms with Crippen molar-refractivity contribution >= 4 is 28.6 Å². The fourth-order valence-corrected chi connectivity index (χ4v) is 2.51. The van der Waals surface area contributed by atoms with E-state index in [1.807, 2.05) is 25.3 Å². The molecule has 2 aromatic rings. The number of H-pyrrole nitrogens is 1. The first-order valence-corrected chi connectivity index (χ1v) is 6.89. The number of nitrogens with two attached hydrogens (primary N) is 1. The summed E-state index contributed by atoms with van der Waals surface area (Å²) in [4.78, 5) is 15.3. The van der Waals surface area contributed by atoms with E-state index in [2.05, 4.69) is 11.1 Å². The van der Waals surface area contributed by atoms with Crippen LogP contribution in [0.25, 0.3) is 10.9 Å². The Morgan fingerprint density at radius 1 is 1.56 bits per heavy atom. The van der Waals surface area contributed by atoms with Crippen molar-refractivity contribution in [1.82, 2.24) is 4.98 Å². The molecule has 0 saturated carbocycles. The second-order valence-corrected chi connectivity index (χ2v) is 5.17. The molecule has 0 saturated heterocycles. The Kier molecular flexibility index (Phi) is 3.63. The fraction of sp³-hybridized carbons (Fsp3) is 0.308. The summed E-state index contributed by atoms with van der Waals surface area (Å²) in [6.07, 6.45) is 2.37. The van der Waals surface area contributed by atoms with E-state index in [9.17, 15) is 4.79 Å². The minimum absolute atomic E-state index is 0.347. The number of hydrogen-bond acceptors (Lipinski definition) is 3. The average molecular weight is 264 g/mol. The Balaban J connectivity index is 2.44. The van der Waals surface area contributed by atoms with Gasteiger partial charge < -0.3 is 15.8 Å². The summed E-state index contributed by atoms with van der Waals surface area (Å²) in [5, 5.41) is 9.94. The standard InChI is InChI=1S/C13H16N2O2S/c1-7-10(6-11(14)13(16)17)9-4-3-8(18-2)5-12(9)15-7/h3-5,11,15H,6,14H2,1-2H3,(H,16,17). The van der Waals surface area contributed by atoms with Crippen molar-refractivity contribution in [3.63, 3.8) is 0 Å². The molecule has 1 aromatic carbocycles. The lowest BCUT2D eigenvalue weighted by molar-refractivity contribution is -0.138. The Morgan fingerprint density at radius 2 is 2.28 bits per heavy atom. The molecular formula is C13H16N2O2S. The number of carboxylic acids is 1. The normalized spacial score (nSPS) is 12.8. The number of carboxylic acid groups (broad SMARTS) is 1. The Bertz CT molecular complexity index is 592. The number of benzene rings is 1. The molecule has 0 aliphatic rings. The first-order valence-electron chi connectivity index (χ1n) is 5.66. The molecule has 4 N–H and O–H groups in total. The number of thioether (sulfide) groups is 1. The van der Waals surface area contributed by atoms with Crippen molar-refractivity contribution in [2.24, 2.45) is 5.73 Å². The molecule has 96 valence electrons. The van der Waals surface area contributed by atoms with Crippen LogP contribution < -0.4 is 5.73 Å². The zero-order valence-electron chi connectivity index (χ0n) is 10.4. The van der Waals surface area contributed by atoms with E-state index < -0.39 is 12.0 Å². The molecule has 0 aliphatic carbocycles. The molecule has 2 rings (SSSR count). The van der Waals surface area contributed by atoms with Gasteiger partial charge in [-0.05, 0) is 30.9 Å². The predicted octanol–water partition coefficient (Wildman–Crippen LogP) is 2.15. The number of aromatic nitrogens is 1. The molecule has 5 heteroatoms. The second kappa shape index (κ2) is 5.04. The largest absolute Gasteiger partial charge is 0.480 e. The van der Waals surface area contributed by atoms with Crippen LogP contribution in [0.5, 0.6) is 0 Å². The van der Waals surface area contributed by atoms with Crippen molar-refractivity contribution in [2.75, 3.05) is 6.26 Å². The lowest BCUT2D eigenvalue weighted by atomic mass is 10.0. The van der Waals surface area contributed by atoms with E-state index in [0.717, 1.165) is 22.2 Å². The average Bonchev–Trinajstić information content (AvgIpc) is 2.64. The number of aryl methyl sites for hydroxylation is 1. The molecule has 1 unspecified atom stereocenters. The SMILES string of the molecule is CSc1ccc2c(CC(N)C(=O)O)c(C)[nH]c2c1. The molecule has 4 nitrogen and oxygen atoms in total. The first-order chi connectivity index (χ1) is 8.52. The van der Waals surface area contributed by atoms with Crippen LogP contribution in [0.15, 0.2) is 23.1 Å². The van der Waals surface area contributed by atoms with Crippen molar-refractivity contribution in [3.05, 3.63) is 29.5 Å². The van der Waals surface area contributed by atoms with Gasteiger partial charge in [0.1, 0.15) is 6.04 Å². The zero-order valence-corrected chi connectivity index (χ0v) is 11.2. The molecule has 1 aromatic heterocycles. The second-order valence-electron chi connectivity index (χ2n) is 4.29. The van der Waals surface area contributed by atoms with Gasteiger partial charge in [0.25, 0.3) is 0 Å². The molecule has 1 atom stereocenters. The monoisotopic (exact) mass is 264 g/mol. The molecule has 0 bridgehead atoms. The van der Waals surface area contributed by atoms with Gasteiger partial charge in [-0.3, -0.25) is 4.79 Å². The molecule has 0 amide bonds. The van der Waals surface area contributed by atoms with Crippen LogP contribution in [-0.2, 0) is 11.2 Å². The summed E-state index contributed by atoms with van der Waals surface area (Å²) in [5.74, 6) is -0.968. The van der Waals surface area contributed by atoms with Gasteiger partial charge in [0, 0.05) is 27.9 Å². The summed E-state index contributed by atoms with van der Waals surface area (Å²) in [7, 11) is 0. The highest BCUT2D eigenvalue weighted by atomic mass is 32.2. The number of aromatic amines is 1. The number of aliphatic carboxylic acids is 1. The minimum atomic E-state index is -0.968. The number of fused-ring (bicyclic) bond motifs is 1. The van der Waals surface area contributed by atoms with Crippen molar-refractivity contribution in [3.8, 4) is 0 Å². The zero-order chi connectivity index (χ0) is 13.3. The van der Waals surface area contributed by atoms with Crippen molar-refractivity contribution in [2.45, 2.75) is 24.3 Å². The number of carbonyl (C=O) groups is 1. The van der Waals surface area contributed by atoms with Gasteiger partial charge in [-0.2, -0.15) is 0 Å². The van der Waals surface area contributed by atoms with Crippen LogP contribution in [0.1, 0.15) is 11.3 Å². The minimum Gasteiger partial charge on any atom is -0.480 e. The van der Waals surface area contributed by atoms with Crippen molar-refractivity contribution < 1.29 is 9.90 Å². The molecular weight excluding hydrogens is 248 g/mol. The van der Waals surface area contributed by atoms with Gasteiger partial charge in [0.2, 0.25) is 0 Å². The third-order valence-electron chi connectivity index (χ3n) is 3.07. The van der Waals surface area contributed by atoms with Crippen LogP contribution in [0.3, 0.4) is 0 Å². The van der Waals surface area contributed by atoms with Gasteiger partial charge in [0.15, 0.2) is 0 Å². The highest BCUT2D eigenvalue weighted by molar-refractivity contribution is 7.98. The van der Waals surface area contributed by atoms with Crippen LogP contribution >= 0.6 is 11.8 Å². The van der Waals surface area contributed by atoms with Gasteiger partial charge in [-0.1, -0.05) is 6.07 Å². The quantitative estimate of drug-likeness (QED) is 0.739. The van der Waals surface area contributed by atoms with E-state index in [1.54, 1.807) is 11.8 Å². The maximum Gasteiger partial charge on any atom is 0.320 e. The Morgan fingerprint density at radius 3 is 2.89 bits per heavy atom. The third kappa shape index (κ3) is 2.37. The van der Waals surface area contributed by atoms with E-state index in [0.29, 0.717) is 6.42 Å². The summed E-state index contributed by atoms with van der Waals surface area (Å²) in [5.41, 5.74) is 8.62. The van der Waals surface area contributed by atoms with E-state index >= 15 is 0 Å². The first kappa shape index (κ1) is 13.0. The van der Waals surface area contributed by atoms with Crippen molar-refractivity contribution in [1.29, 1.82) is 0 Å². The summed E-state index contributed by atoms with van der Waals surface area (Å²) in [6, 6.07) is 5.27.